The van der Waals surface area contributed by atoms with Crippen LogP contribution in [-0.4, -0.2) is 66.7 Å². The van der Waals surface area contributed by atoms with Gasteiger partial charge in [0.25, 0.3) is 11.5 Å². The van der Waals surface area contributed by atoms with E-state index in [0.717, 1.165) is 49.4 Å². The molecule has 3 heterocycles. The van der Waals surface area contributed by atoms with Gasteiger partial charge in [0, 0.05) is 50.4 Å². The Morgan fingerprint density at radius 3 is 2.56 bits per heavy atom. The Bertz CT molecular complexity index is 1310. The van der Waals surface area contributed by atoms with E-state index in [1.54, 1.807) is 18.7 Å². The van der Waals surface area contributed by atoms with Gasteiger partial charge < -0.3 is 24.1 Å². The summed E-state index contributed by atoms with van der Waals surface area (Å²) in [4.78, 5) is 29.4. The minimum atomic E-state index is -0.436. The molecule has 1 N–H and O–H groups in total. The normalized spacial score (nSPS) is 23.4. The van der Waals surface area contributed by atoms with Gasteiger partial charge in [-0.25, -0.2) is 0 Å². The second kappa shape index (κ2) is 11.9. The molecule has 1 amide bonds. The van der Waals surface area contributed by atoms with Gasteiger partial charge in [-0.1, -0.05) is 23.2 Å². The number of carbonyl (C=O) groups is 1. The largest absolute Gasteiger partial charge is 0.484 e. The van der Waals surface area contributed by atoms with Crippen LogP contribution in [-0.2, 0) is 18.3 Å². The number of rotatable bonds is 7. The van der Waals surface area contributed by atoms with Gasteiger partial charge in [-0.3, -0.25) is 14.5 Å². The molecular formula is C28H35Cl2N3O5S. The maximum Gasteiger partial charge on any atom is 0.256 e. The van der Waals surface area contributed by atoms with Gasteiger partial charge in [0.15, 0.2) is 11.5 Å². The number of ether oxygens (including phenoxy) is 3. The van der Waals surface area contributed by atoms with Crippen molar-refractivity contribution in [2.45, 2.75) is 62.3 Å². The average Bonchev–Trinajstić information content (AvgIpc) is 2.92. The van der Waals surface area contributed by atoms with Gasteiger partial charge in [-0.15, -0.1) is 11.8 Å². The smallest absolute Gasteiger partial charge is 0.256 e. The van der Waals surface area contributed by atoms with Crippen LogP contribution < -0.4 is 20.3 Å². The summed E-state index contributed by atoms with van der Waals surface area (Å²) < 4.78 is 19.4. The topological polar surface area (TPSA) is 82.0 Å². The zero-order valence-corrected chi connectivity index (χ0v) is 25.0. The number of hydrogen-bond donors (Lipinski definition) is 1. The highest BCUT2D eigenvalue weighted by Crippen LogP contribution is 2.47. The fourth-order valence-electron chi connectivity index (χ4n) is 5.78. The van der Waals surface area contributed by atoms with E-state index in [-0.39, 0.29) is 33.8 Å². The van der Waals surface area contributed by atoms with E-state index in [9.17, 15) is 9.59 Å². The molecule has 1 saturated heterocycles. The van der Waals surface area contributed by atoms with Gasteiger partial charge in [0.2, 0.25) is 0 Å². The summed E-state index contributed by atoms with van der Waals surface area (Å²) in [6.45, 7) is 4.37. The van der Waals surface area contributed by atoms with Crippen molar-refractivity contribution in [3.05, 3.63) is 49.4 Å². The van der Waals surface area contributed by atoms with Crippen LogP contribution in [0.25, 0.3) is 0 Å². The second-order valence-electron chi connectivity index (χ2n) is 10.6. The second-order valence-corrected chi connectivity index (χ2v) is 12.2. The first kappa shape index (κ1) is 28.6. The molecule has 3 aliphatic rings. The van der Waals surface area contributed by atoms with E-state index in [0.29, 0.717) is 41.7 Å². The quantitative estimate of drug-likeness (QED) is 0.465. The molecule has 5 rings (SSSR count). The predicted octanol–water partition coefficient (Wildman–Crippen LogP) is 4.68. The molecule has 0 bridgehead atoms. The van der Waals surface area contributed by atoms with Crippen LogP contribution in [0.2, 0.25) is 10.0 Å². The molecule has 212 valence electrons. The highest BCUT2D eigenvalue weighted by molar-refractivity contribution is 7.98. The summed E-state index contributed by atoms with van der Waals surface area (Å²) in [6.07, 6.45) is 6.41. The minimum Gasteiger partial charge on any atom is -0.484 e. The first-order valence-corrected chi connectivity index (χ1v) is 15.3. The first-order chi connectivity index (χ1) is 18.7. The van der Waals surface area contributed by atoms with Crippen LogP contribution in [0.4, 0.5) is 0 Å². The third kappa shape index (κ3) is 5.66. The molecule has 8 nitrogen and oxygen atoms in total. The summed E-state index contributed by atoms with van der Waals surface area (Å²) >= 11 is 14.7. The van der Waals surface area contributed by atoms with Gasteiger partial charge in [0.1, 0.15) is 12.7 Å². The Kier molecular flexibility index (Phi) is 8.74. The SMILES string of the molecule is COC1CN([C@H]2CC[C@@H]([C@H]3COc4c(Cl)cc(C(=O)NCc5c(SC)cc(C)n(C)c5=O)c(Cl)c4O3)CC2)C1. The maximum atomic E-state index is 13.2. The summed E-state index contributed by atoms with van der Waals surface area (Å²) in [5.74, 6) is 0.583. The third-order valence-electron chi connectivity index (χ3n) is 8.40. The van der Waals surface area contributed by atoms with Crippen molar-refractivity contribution < 1.29 is 19.0 Å². The lowest BCUT2D eigenvalue weighted by Crippen LogP contribution is -2.57. The van der Waals surface area contributed by atoms with Crippen LogP contribution in [0, 0.1) is 12.8 Å². The summed E-state index contributed by atoms with van der Waals surface area (Å²) in [5.41, 5.74) is 1.42. The molecule has 11 heteroatoms. The summed E-state index contributed by atoms with van der Waals surface area (Å²) in [5, 5.41) is 3.27. The fraction of sp³-hybridized carbons (Fsp3) is 0.571. The maximum absolute atomic E-state index is 13.2. The number of nitrogens with one attached hydrogen (secondary N) is 1. The van der Waals surface area contributed by atoms with Gasteiger partial charge in [0.05, 0.1) is 27.3 Å². The Morgan fingerprint density at radius 1 is 1.18 bits per heavy atom. The molecule has 1 saturated carbocycles. The van der Waals surface area contributed by atoms with Crippen molar-refractivity contribution in [3.8, 4) is 11.5 Å². The van der Waals surface area contributed by atoms with Gasteiger partial charge >= 0.3 is 0 Å². The van der Waals surface area contributed by atoms with E-state index in [4.69, 9.17) is 37.4 Å². The molecule has 1 aromatic heterocycles. The molecule has 1 aliphatic carbocycles. The highest BCUT2D eigenvalue weighted by Gasteiger charge is 2.39. The van der Waals surface area contributed by atoms with Crippen molar-refractivity contribution in [3.63, 3.8) is 0 Å². The van der Waals surface area contributed by atoms with Crippen LogP contribution in [0.5, 0.6) is 11.5 Å². The van der Waals surface area contributed by atoms with Crippen molar-refractivity contribution in [1.29, 1.82) is 0 Å². The number of pyridine rings is 1. The van der Waals surface area contributed by atoms with Crippen molar-refractivity contribution in [2.75, 3.05) is 33.1 Å². The number of aryl methyl sites for hydroxylation is 1. The molecule has 1 aromatic carbocycles. The number of likely N-dealkylation sites (tertiary alicyclic amines) is 1. The molecule has 2 aromatic rings. The minimum absolute atomic E-state index is 0.0678. The lowest BCUT2D eigenvalue weighted by atomic mass is 9.81. The molecule has 0 radical (unpaired) electrons. The van der Waals surface area contributed by atoms with Crippen molar-refractivity contribution in [1.82, 2.24) is 14.8 Å². The number of methoxy groups -OCH3 is 1. The molecule has 2 fully saturated rings. The monoisotopic (exact) mass is 595 g/mol. The summed E-state index contributed by atoms with van der Waals surface area (Å²) in [7, 11) is 3.49. The lowest BCUT2D eigenvalue weighted by molar-refractivity contribution is -0.0649. The fourth-order valence-corrected chi connectivity index (χ4v) is 6.99. The molecular weight excluding hydrogens is 561 g/mol. The number of halogens is 2. The Morgan fingerprint density at radius 2 is 1.90 bits per heavy atom. The van der Waals surface area contributed by atoms with Gasteiger partial charge in [-0.05, 0) is 56.9 Å². The number of fused-ring (bicyclic) bond motifs is 1. The van der Waals surface area contributed by atoms with E-state index in [1.807, 2.05) is 19.2 Å². The predicted molar refractivity (Wildman–Crippen MR) is 154 cm³/mol. The van der Waals surface area contributed by atoms with E-state index < -0.39 is 5.91 Å². The Balaban J connectivity index is 1.27. The molecule has 1 atom stereocenters. The Hall–Kier alpha value is -1.91. The standard InChI is InChI=1S/C28H35Cl2N3O5S/c1-15-9-23(39-4)20(28(35)32(15)2)11-31-27(34)19-10-21(29)25-26(24(19)30)38-22(14-37-25)16-5-7-17(8-6-16)33-12-18(13-33)36-3/h9-10,16-18,22H,5-8,11-14H2,1-4H3,(H,31,34)/t16-,17+,22-/m1/s1. The number of carbonyl (C=O) groups excluding carboxylic acids is 1. The zero-order chi connectivity index (χ0) is 27.8. The molecule has 2 aliphatic heterocycles. The first-order valence-electron chi connectivity index (χ1n) is 13.3. The van der Waals surface area contributed by atoms with Crippen LogP contribution in [0.15, 0.2) is 21.8 Å². The summed E-state index contributed by atoms with van der Waals surface area (Å²) in [6, 6.07) is 4.03. The van der Waals surface area contributed by atoms with Crippen molar-refractivity contribution in [2.24, 2.45) is 13.0 Å². The van der Waals surface area contributed by atoms with Crippen LogP contribution >= 0.6 is 35.0 Å². The molecule has 39 heavy (non-hydrogen) atoms. The average molecular weight is 597 g/mol. The zero-order valence-electron chi connectivity index (χ0n) is 22.7. The molecule has 0 unspecified atom stereocenters. The molecule has 0 spiro atoms. The number of thioether (sulfide) groups is 1. The lowest BCUT2D eigenvalue weighted by Gasteiger charge is -2.46. The number of nitrogens with zero attached hydrogens (tertiary/aromatic N) is 2. The third-order valence-corrected chi connectivity index (χ3v) is 9.86. The number of hydrogen-bond acceptors (Lipinski definition) is 7. The number of benzene rings is 1. The van der Waals surface area contributed by atoms with E-state index >= 15 is 0 Å². The number of amides is 1. The van der Waals surface area contributed by atoms with Crippen LogP contribution in [0.3, 0.4) is 0 Å². The Labute approximate surface area is 243 Å². The van der Waals surface area contributed by atoms with Crippen LogP contribution in [0.1, 0.15) is 47.3 Å². The van der Waals surface area contributed by atoms with E-state index in [2.05, 4.69) is 10.2 Å². The number of aromatic nitrogens is 1. The van der Waals surface area contributed by atoms with E-state index in [1.165, 1.54) is 17.8 Å². The van der Waals surface area contributed by atoms with Crippen molar-refractivity contribution >= 4 is 40.9 Å². The van der Waals surface area contributed by atoms with Gasteiger partial charge in [-0.2, -0.15) is 0 Å². The highest BCUT2D eigenvalue weighted by atomic mass is 35.5.